The fourth-order valence-electron chi connectivity index (χ4n) is 1.53. The minimum atomic E-state index is -0.231. The standard InChI is InChI=1S/C10H17ClN2O/c1-7(14)5-4-6-9-8(2)12-13(3)10(9)11/h7,14H,4-6H2,1-3H3. The molecule has 0 fully saturated rings. The van der Waals surface area contributed by atoms with Crippen LogP contribution in [0.25, 0.3) is 0 Å². The summed E-state index contributed by atoms with van der Waals surface area (Å²) < 4.78 is 1.69. The van der Waals surface area contributed by atoms with Gasteiger partial charge in [-0.05, 0) is 33.1 Å². The Morgan fingerprint density at radius 1 is 1.57 bits per heavy atom. The van der Waals surface area contributed by atoms with Crippen LogP contribution in [0.4, 0.5) is 0 Å². The summed E-state index contributed by atoms with van der Waals surface area (Å²) in [5.74, 6) is 0. The van der Waals surface area contributed by atoms with Crippen LogP contribution in [0.3, 0.4) is 0 Å². The molecule has 0 radical (unpaired) electrons. The van der Waals surface area contributed by atoms with Gasteiger partial charge in [0.15, 0.2) is 0 Å². The summed E-state index contributed by atoms with van der Waals surface area (Å²) in [4.78, 5) is 0. The van der Waals surface area contributed by atoms with Crippen molar-refractivity contribution in [2.24, 2.45) is 7.05 Å². The molecule has 1 unspecified atom stereocenters. The van der Waals surface area contributed by atoms with Crippen LogP contribution in [0.15, 0.2) is 0 Å². The van der Waals surface area contributed by atoms with E-state index in [0.717, 1.165) is 30.5 Å². The molecule has 1 rings (SSSR count). The zero-order valence-electron chi connectivity index (χ0n) is 8.92. The first kappa shape index (κ1) is 11.5. The molecule has 1 atom stereocenters. The molecule has 0 saturated carbocycles. The SMILES string of the molecule is Cc1nn(C)c(Cl)c1CCCC(C)O. The quantitative estimate of drug-likeness (QED) is 0.837. The van der Waals surface area contributed by atoms with E-state index in [2.05, 4.69) is 5.10 Å². The summed E-state index contributed by atoms with van der Waals surface area (Å²) in [7, 11) is 1.84. The molecular weight excluding hydrogens is 200 g/mol. The van der Waals surface area contributed by atoms with Gasteiger partial charge in [-0.2, -0.15) is 5.10 Å². The third kappa shape index (κ3) is 2.72. The number of nitrogens with zero attached hydrogens (tertiary/aromatic N) is 2. The van der Waals surface area contributed by atoms with Crippen LogP contribution in [0.1, 0.15) is 31.0 Å². The zero-order valence-corrected chi connectivity index (χ0v) is 9.67. The van der Waals surface area contributed by atoms with E-state index < -0.39 is 0 Å². The topological polar surface area (TPSA) is 38.0 Å². The van der Waals surface area contributed by atoms with Gasteiger partial charge < -0.3 is 5.11 Å². The van der Waals surface area contributed by atoms with E-state index in [1.807, 2.05) is 14.0 Å². The van der Waals surface area contributed by atoms with Crippen LogP contribution in [-0.2, 0) is 13.5 Å². The van der Waals surface area contributed by atoms with Crippen molar-refractivity contribution in [3.05, 3.63) is 16.4 Å². The molecule has 0 aliphatic carbocycles. The van der Waals surface area contributed by atoms with Gasteiger partial charge in [-0.15, -0.1) is 0 Å². The Kier molecular flexibility index (Phi) is 3.96. The number of aryl methyl sites for hydroxylation is 2. The largest absolute Gasteiger partial charge is 0.393 e. The normalized spacial score (nSPS) is 13.2. The van der Waals surface area contributed by atoms with Crippen LogP contribution in [0.2, 0.25) is 5.15 Å². The highest BCUT2D eigenvalue weighted by atomic mass is 35.5. The average Bonchev–Trinajstić information content (AvgIpc) is 2.31. The Bertz CT molecular complexity index is 307. The highest BCUT2D eigenvalue weighted by molar-refractivity contribution is 6.30. The average molecular weight is 217 g/mol. The van der Waals surface area contributed by atoms with E-state index in [1.165, 1.54) is 0 Å². The second-order valence-electron chi connectivity index (χ2n) is 3.72. The Morgan fingerprint density at radius 3 is 2.64 bits per heavy atom. The highest BCUT2D eigenvalue weighted by Crippen LogP contribution is 2.20. The maximum Gasteiger partial charge on any atom is 0.130 e. The van der Waals surface area contributed by atoms with Gasteiger partial charge in [0.25, 0.3) is 0 Å². The van der Waals surface area contributed by atoms with Gasteiger partial charge in [-0.1, -0.05) is 11.6 Å². The second-order valence-corrected chi connectivity index (χ2v) is 4.08. The van der Waals surface area contributed by atoms with Crippen LogP contribution in [-0.4, -0.2) is 21.0 Å². The number of halogens is 1. The maximum absolute atomic E-state index is 9.12. The third-order valence-corrected chi connectivity index (χ3v) is 2.79. The van der Waals surface area contributed by atoms with Gasteiger partial charge in [0.2, 0.25) is 0 Å². The number of aromatic nitrogens is 2. The predicted molar refractivity (Wildman–Crippen MR) is 57.6 cm³/mol. The molecule has 0 spiro atoms. The van der Waals surface area contributed by atoms with Crippen molar-refractivity contribution in [1.29, 1.82) is 0 Å². The molecule has 80 valence electrons. The molecule has 0 aliphatic heterocycles. The molecule has 1 aromatic rings. The van der Waals surface area contributed by atoms with Crippen molar-refractivity contribution in [2.75, 3.05) is 0 Å². The first-order valence-corrected chi connectivity index (χ1v) is 5.26. The Morgan fingerprint density at radius 2 is 2.21 bits per heavy atom. The van der Waals surface area contributed by atoms with Gasteiger partial charge in [-0.3, -0.25) is 4.68 Å². The molecule has 1 N–H and O–H groups in total. The van der Waals surface area contributed by atoms with Crippen molar-refractivity contribution in [2.45, 2.75) is 39.2 Å². The molecule has 14 heavy (non-hydrogen) atoms. The number of aliphatic hydroxyl groups excluding tert-OH is 1. The highest BCUT2D eigenvalue weighted by Gasteiger charge is 2.10. The van der Waals surface area contributed by atoms with E-state index in [1.54, 1.807) is 11.6 Å². The lowest BCUT2D eigenvalue weighted by Crippen LogP contribution is -2.00. The summed E-state index contributed by atoms with van der Waals surface area (Å²) in [6, 6.07) is 0. The Hall–Kier alpha value is -0.540. The van der Waals surface area contributed by atoms with Crippen LogP contribution in [0, 0.1) is 6.92 Å². The van der Waals surface area contributed by atoms with E-state index in [-0.39, 0.29) is 6.10 Å². The van der Waals surface area contributed by atoms with E-state index >= 15 is 0 Å². The number of hydrogen-bond acceptors (Lipinski definition) is 2. The first-order valence-electron chi connectivity index (χ1n) is 4.88. The maximum atomic E-state index is 9.12. The Balaban J connectivity index is 2.58. The third-order valence-electron chi connectivity index (χ3n) is 2.32. The van der Waals surface area contributed by atoms with E-state index in [4.69, 9.17) is 16.7 Å². The Labute approximate surface area is 89.7 Å². The lowest BCUT2D eigenvalue weighted by Gasteiger charge is -2.03. The monoisotopic (exact) mass is 216 g/mol. The van der Waals surface area contributed by atoms with Crippen molar-refractivity contribution in [1.82, 2.24) is 9.78 Å². The molecule has 0 bridgehead atoms. The lowest BCUT2D eigenvalue weighted by atomic mass is 10.1. The van der Waals surface area contributed by atoms with E-state index in [9.17, 15) is 0 Å². The number of hydrogen-bond donors (Lipinski definition) is 1. The number of aliphatic hydroxyl groups is 1. The molecule has 0 amide bonds. The smallest absolute Gasteiger partial charge is 0.130 e. The molecule has 0 aromatic carbocycles. The zero-order chi connectivity index (χ0) is 10.7. The molecule has 1 heterocycles. The fraction of sp³-hybridized carbons (Fsp3) is 0.700. The van der Waals surface area contributed by atoms with Crippen molar-refractivity contribution >= 4 is 11.6 Å². The minimum absolute atomic E-state index is 0.231. The summed E-state index contributed by atoms with van der Waals surface area (Å²) in [6.07, 6.45) is 2.42. The first-order chi connectivity index (χ1) is 6.52. The second kappa shape index (κ2) is 4.80. The van der Waals surface area contributed by atoms with Gasteiger partial charge >= 0.3 is 0 Å². The summed E-state index contributed by atoms with van der Waals surface area (Å²) in [6.45, 7) is 3.77. The molecule has 4 heteroatoms. The predicted octanol–water partition coefficient (Wildman–Crippen LogP) is 2.09. The summed E-state index contributed by atoms with van der Waals surface area (Å²) in [5.41, 5.74) is 2.10. The molecule has 0 aliphatic rings. The van der Waals surface area contributed by atoms with Crippen molar-refractivity contribution in [3.63, 3.8) is 0 Å². The summed E-state index contributed by atoms with van der Waals surface area (Å²) >= 11 is 6.07. The van der Waals surface area contributed by atoms with Crippen molar-refractivity contribution < 1.29 is 5.11 Å². The molecular formula is C10H17ClN2O. The minimum Gasteiger partial charge on any atom is -0.393 e. The van der Waals surface area contributed by atoms with Crippen LogP contribution < -0.4 is 0 Å². The van der Waals surface area contributed by atoms with Gasteiger partial charge in [0.1, 0.15) is 5.15 Å². The van der Waals surface area contributed by atoms with Gasteiger partial charge in [0.05, 0.1) is 11.8 Å². The van der Waals surface area contributed by atoms with Crippen molar-refractivity contribution in [3.8, 4) is 0 Å². The number of rotatable bonds is 4. The van der Waals surface area contributed by atoms with E-state index in [0.29, 0.717) is 5.15 Å². The molecule has 1 aromatic heterocycles. The summed E-state index contributed by atoms with van der Waals surface area (Å²) in [5, 5.41) is 14.1. The van der Waals surface area contributed by atoms with Crippen LogP contribution >= 0.6 is 11.6 Å². The van der Waals surface area contributed by atoms with Crippen LogP contribution in [0.5, 0.6) is 0 Å². The lowest BCUT2D eigenvalue weighted by molar-refractivity contribution is 0.181. The van der Waals surface area contributed by atoms with Gasteiger partial charge in [0, 0.05) is 12.6 Å². The molecule has 3 nitrogen and oxygen atoms in total. The fourth-order valence-corrected chi connectivity index (χ4v) is 1.80. The molecule has 0 saturated heterocycles. The van der Waals surface area contributed by atoms with Gasteiger partial charge in [-0.25, -0.2) is 0 Å².